The van der Waals surface area contributed by atoms with Crippen molar-refractivity contribution in [1.82, 2.24) is 0 Å². The van der Waals surface area contributed by atoms with E-state index in [1.165, 1.54) is 0 Å². The van der Waals surface area contributed by atoms with Gasteiger partial charge in [-0.05, 0) is 58.3 Å². The third-order valence-corrected chi connectivity index (χ3v) is 5.43. The van der Waals surface area contributed by atoms with E-state index in [1.807, 2.05) is 25.1 Å². The Morgan fingerprint density at radius 2 is 1.29 bits per heavy atom. The van der Waals surface area contributed by atoms with Crippen LogP contribution < -0.4 is 0 Å². The monoisotopic (exact) mass is 364 g/mol. The van der Waals surface area contributed by atoms with Crippen molar-refractivity contribution in [2.24, 2.45) is 0 Å². The first-order chi connectivity index (χ1) is 9.41. The summed E-state index contributed by atoms with van der Waals surface area (Å²) < 4.78 is 12.6. The summed E-state index contributed by atoms with van der Waals surface area (Å²) in [7, 11) is -3.45. The summed E-state index contributed by atoms with van der Waals surface area (Å²) in [5.74, 6) is 0. The molecule has 0 saturated heterocycles. The first kappa shape index (κ1) is 19.2. The molecule has 120 valence electrons. The second-order valence-corrected chi connectivity index (χ2v) is 17.0. The van der Waals surface area contributed by atoms with Crippen LogP contribution in [-0.4, -0.2) is 22.7 Å². The molecule has 0 aliphatic carbocycles. The Bertz CT molecular complexity index is 461. The van der Waals surface area contributed by atoms with Crippen LogP contribution in [0.5, 0.6) is 0 Å². The van der Waals surface area contributed by atoms with Gasteiger partial charge in [0.15, 0.2) is 16.6 Å². The SMILES string of the molecule is CC(O[Si](C)(C)C)C(O[Si](C)(C)C)c1c(Cl)cccc1Cl. The molecule has 0 amide bonds. The van der Waals surface area contributed by atoms with Crippen molar-refractivity contribution in [2.75, 3.05) is 0 Å². The van der Waals surface area contributed by atoms with Gasteiger partial charge in [0.25, 0.3) is 0 Å². The maximum absolute atomic E-state index is 6.38. The minimum Gasteiger partial charge on any atom is -0.412 e. The lowest BCUT2D eigenvalue weighted by Crippen LogP contribution is -2.39. The first-order valence-electron chi connectivity index (χ1n) is 7.20. The minimum atomic E-state index is -1.77. The number of rotatable bonds is 6. The normalized spacial score (nSPS) is 15.9. The highest BCUT2D eigenvalue weighted by molar-refractivity contribution is 6.70. The highest BCUT2D eigenvalue weighted by atomic mass is 35.5. The van der Waals surface area contributed by atoms with Gasteiger partial charge in [0.05, 0.1) is 12.2 Å². The van der Waals surface area contributed by atoms with Gasteiger partial charge in [0.2, 0.25) is 0 Å². The molecule has 0 heterocycles. The summed E-state index contributed by atoms with van der Waals surface area (Å²) in [6.07, 6.45) is -0.314. The van der Waals surface area contributed by atoms with Crippen molar-refractivity contribution in [3.63, 3.8) is 0 Å². The highest BCUT2D eigenvalue weighted by Gasteiger charge is 2.33. The molecule has 21 heavy (non-hydrogen) atoms. The van der Waals surface area contributed by atoms with Gasteiger partial charge < -0.3 is 8.85 Å². The number of halogens is 2. The molecule has 0 bridgehead atoms. The molecular weight excluding hydrogens is 339 g/mol. The van der Waals surface area contributed by atoms with Crippen LogP contribution in [-0.2, 0) is 8.85 Å². The molecule has 0 radical (unpaired) electrons. The Balaban J connectivity index is 3.19. The number of benzene rings is 1. The quantitative estimate of drug-likeness (QED) is 0.565. The lowest BCUT2D eigenvalue weighted by atomic mass is 10.1. The number of hydrogen-bond acceptors (Lipinski definition) is 2. The summed E-state index contributed by atoms with van der Waals surface area (Å²) in [5, 5.41) is 1.27. The summed E-state index contributed by atoms with van der Waals surface area (Å²) in [4.78, 5) is 0. The van der Waals surface area contributed by atoms with Gasteiger partial charge in [-0.1, -0.05) is 29.3 Å². The van der Waals surface area contributed by atoms with Gasteiger partial charge in [-0.2, -0.15) is 0 Å². The fraction of sp³-hybridized carbons (Fsp3) is 0.600. The largest absolute Gasteiger partial charge is 0.412 e. The van der Waals surface area contributed by atoms with Gasteiger partial charge in [-0.15, -0.1) is 0 Å². The molecule has 0 aromatic heterocycles. The van der Waals surface area contributed by atoms with Crippen LogP contribution in [0, 0.1) is 0 Å². The van der Waals surface area contributed by atoms with Crippen LogP contribution in [0.25, 0.3) is 0 Å². The third-order valence-electron chi connectivity index (χ3n) is 2.73. The van der Waals surface area contributed by atoms with Gasteiger partial charge in [0, 0.05) is 15.6 Å². The first-order valence-corrected chi connectivity index (χ1v) is 14.8. The highest BCUT2D eigenvalue weighted by Crippen LogP contribution is 2.37. The lowest BCUT2D eigenvalue weighted by Gasteiger charge is -2.35. The Morgan fingerprint density at radius 3 is 1.67 bits per heavy atom. The van der Waals surface area contributed by atoms with Gasteiger partial charge >= 0.3 is 0 Å². The second kappa shape index (κ2) is 7.15. The molecule has 0 fully saturated rings. The maximum atomic E-state index is 6.38. The fourth-order valence-electron chi connectivity index (χ4n) is 2.17. The summed E-state index contributed by atoms with van der Waals surface area (Å²) in [6, 6.07) is 5.55. The molecule has 1 aromatic carbocycles. The van der Waals surface area contributed by atoms with Crippen molar-refractivity contribution >= 4 is 39.8 Å². The van der Waals surface area contributed by atoms with E-state index in [2.05, 4.69) is 39.3 Å². The van der Waals surface area contributed by atoms with Crippen LogP contribution >= 0.6 is 23.2 Å². The van der Waals surface area contributed by atoms with Crippen LogP contribution in [0.1, 0.15) is 18.6 Å². The minimum absolute atomic E-state index is 0.0826. The van der Waals surface area contributed by atoms with Crippen molar-refractivity contribution < 1.29 is 8.85 Å². The van der Waals surface area contributed by atoms with E-state index in [0.717, 1.165) is 5.56 Å². The third kappa shape index (κ3) is 6.42. The molecule has 0 saturated carbocycles. The Hall–Kier alpha value is 0.154. The maximum Gasteiger partial charge on any atom is 0.184 e. The summed E-state index contributed by atoms with van der Waals surface area (Å²) >= 11 is 12.8. The molecule has 1 rings (SSSR count). The standard InChI is InChI=1S/C15H26Cl2O2Si2/c1-11(18-20(2,3)4)15(19-21(5,6)7)14-12(16)9-8-10-13(14)17/h8-11,15H,1-7H3. The van der Waals surface area contributed by atoms with E-state index in [4.69, 9.17) is 32.1 Å². The van der Waals surface area contributed by atoms with Crippen molar-refractivity contribution in [2.45, 2.75) is 58.4 Å². The predicted molar refractivity (Wildman–Crippen MR) is 97.5 cm³/mol. The molecule has 0 aliphatic heterocycles. The molecule has 0 aliphatic rings. The van der Waals surface area contributed by atoms with Gasteiger partial charge in [0.1, 0.15) is 0 Å². The predicted octanol–water partition coefficient (Wildman–Crippen LogP) is 6.13. The Labute approximate surface area is 141 Å². The van der Waals surface area contributed by atoms with Crippen LogP contribution in [0.3, 0.4) is 0 Å². The van der Waals surface area contributed by atoms with Gasteiger partial charge in [-0.25, -0.2) is 0 Å². The Morgan fingerprint density at radius 1 is 0.857 bits per heavy atom. The van der Waals surface area contributed by atoms with E-state index in [9.17, 15) is 0 Å². The lowest BCUT2D eigenvalue weighted by molar-refractivity contribution is 0.0551. The van der Waals surface area contributed by atoms with E-state index >= 15 is 0 Å². The molecule has 1 aromatic rings. The molecule has 2 nitrogen and oxygen atoms in total. The molecule has 0 spiro atoms. The van der Waals surface area contributed by atoms with E-state index in [0.29, 0.717) is 10.0 Å². The molecule has 0 N–H and O–H groups in total. The topological polar surface area (TPSA) is 18.5 Å². The van der Waals surface area contributed by atoms with E-state index < -0.39 is 16.6 Å². The summed E-state index contributed by atoms with van der Waals surface area (Å²) in [5.41, 5.74) is 0.842. The van der Waals surface area contributed by atoms with Crippen LogP contribution in [0.15, 0.2) is 18.2 Å². The zero-order valence-electron chi connectivity index (χ0n) is 14.0. The fourth-order valence-corrected chi connectivity index (χ4v) is 5.10. The van der Waals surface area contributed by atoms with Gasteiger partial charge in [-0.3, -0.25) is 0 Å². The molecule has 6 heteroatoms. The average molecular weight is 365 g/mol. The molecule has 2 atom stereocenters. The van der Waals surface area contributed by atoms with Crippen LogP contribution in [0.2, 0.25) is 49.3 Å². The average Bonchev–Trinajstić information content (AvgIpc) is 2.23. The van der Waals surface area contributed by atoms with Crippen molar-refractivity contribution in [1.29, 1.82) is 0 Å². The van der Waals surface area contributed by atoms with Crippen molar-refractivity contribution in [3.8, 4) is 0 Å². The molecule has 2 unspecified atom stereocenters. The zero-order chi connectivity index (χ0) is 16.4. The zero-order valence-corrected chi connectivity index (χ0v) is 17.5. The molecular formula is C15H26Cl2O2Si2. The number of hydrogen-bond donors (Lipinski definition) is 0. The van der Waals surface area contributed by atoms with Crippen molar-refractivity contribution in [3.05, 3.63) is 33.8 Å². The Kier molecular flexibility index (Phi) is 6.54. The van der Waals surface area contributed by atoms with Crippen LogP contribution in [0.4, 0.5) is 0 Å². The smallest absolute Gasteiger partial charge is 0.184 e. The second-order valence-electron chi connectivity index (χ2n) is 7.22. The van der Waals surface area contributed by atoms with E-state index in [-0.39, 0.29) is 12.2 Å². The summed E-state index contributed by atoms with van der Waals surface area (Å²) in [6.45, 7) is 15.0. The van der Waals surface area contributed by atoms with E-state index in [1.54, 1.807) is 0 Å².